The van der Waals surface area contributed by atoms with Gasteiger partial charge >= 0.3 is 0 Å². The van der Waals surface area contributed by atoms with Crippen molar-refractivity contribution in [2.75, 3.05) is 0 Å². The summed E-state index contributed by atoms with van der Waals surface area (Å²) in [7, 11) is 0. The SMILES string of the molecule is Cc1ccc(-c2nc(-c3ccc4c(c3)C(C)(C)c3cc(-c5nc(-c6ccc(C)cc6C)nc(-c6ccc(C)cc6C)n5)ccc3-4)nc(-c3ccc(C)cc3C)n2)c(C)c1. The van der Waals surface area contributed by atoms with Crippen molar-refractivity contribution in [1.82, 2.24) is 29.9 Å². The van der Waals surface area contributed by atoms with Crippen molar-refractivity contribution in [3.8, 4) is 79.5 Å². The highest BCUT2D eigenvalue weighted by molar-refractivity contribution is 5.85. The second-order valence-corrected chi connectivity index (χ2v) is 17.0. The van der Waals surface area contributed by atoms with Crippen LogP contribution in [0.15, 0.2) is 109 Å². The fraction of sp³-hybridized carbons (Fsp3) is 0.208. The van der Waals surface area contributed by atoms with Crippen LogP contribution in [-0.4, -0.2) is 29.9 Å². The number of hydrogen-bond acceptors (Lipinski definition) is 6. The van der Waals surface area contributed by atoms with Crippen molar-refractivity contribution < 1.29 is 0 Å². The van der Waals surface area contributed by atoms with Crippen LogP contribution in [0, 0.1) is 55.4 Å². The molecule has 0 unspecified atom stereocenters. The number of benzene rings is 6. The zero-order chi connectivity index (χ0) is 41.3. The second-order valence-electron chi connectivity index (χ2n) is 17.0. The van der Waals surface area contributed by atoms with E-state index in [2.05, 4.69) is 178 Å². The molecule has 0 aliphatic heterocycles. The highest BCUT2D eigenvalue weighted by Gasteiger charge is 2.36. The summed E-state index contributed by atoms with van der Waals surface area (Å²) in [4.78, 5) is 30.8. The number of fused-ring (bicyclic) bond motifs is 3. The van der Waals surface area contributed by atoms with Gasteiger partial charge in [-0.15, -0.1) is 0 Å². The Morgan fingerprint density at radius 3 is 0.814 bits per heavy atom. The van der Waals surface area contributed by atoms with E-state index in [1.54, 1.807) is 0 Å². The van der Waals surface area contributed by atoms with Crippen LogP contribution < -0.4 is 0 Å². The largest absolute Gasteiger partial charge is 0.208 e. The Bertz CT molecular complexity index is 2670. The molecule has 1 aliphatic carbocycles. The fourth-order valence-corrected chi connectivity index (χ4v) is 8.77. The molecule has 0 N–H and O–H groups in total. The van der Waals surface area contributed by atoms with Crippen LogP contribution in [0.4, 0.5) is 0 Å². The fourth-order valence-electron chi connectivity index (χ4n) is 8.77. The van der Waals surface area contributed by atoms with Crippen LogP contribution in [0.5, 0.6) is 0 Å². The Morgan fingerprint density at radius 1 is 0.288 bits per heavy atom. The van der Waals surface area contributed by atoms with E-state index in [0.29, 0.717) is 34.9 Å². The maximum atomic E-state index is 5.16. The van der Waals surface area contributed by atoms with Crippen LogP contribution in [0.3, 0.4) is 0 Å². The molecule has 2 heterocycles. The molecule has 0 amide bonds. The normalized spacial score (nSPS) is 12.7. The highest BCUT2D eigenvalue weighted by atomic mass is 15.0. The first-order valence-corrected chi connectivity index (χ1v) is 20.4. The van der Waals surface area contributed by atoms with E-state index in [-0.39, 0.29) is 5.41 Å². The molecule has 0 saturated carbocycles. The van der Waals surface area contributed by atoms with Gasteiger partial charge in [-0.25, -0.2) is 29.9 Å². The first-order chi connectivity index (χ1) is 28.2. The molecule has 0 fully saturated rings. The maximum absolute atomic E-state index is 5.16. The molecule has 0 saturated heterocycles. The molecule has 290 valence electrons. The Hall–Kier alpha value is -6.66. The summed E-state index contributed by atoms with van der Waals surface area (Å²) in [6.07, 6.45) is 0. The minimum Gasteiger partial charge on any atom is -0.208 e. The summed E-state index contributed by atoms with van der Waals surface area (Å²) in [6, 6.07) is 39.1. The molecular formula is C53H48N6. The second kappa shape index (κ2) is 14.3. The summed E-state index contributed by atoms with van der Waals surface area (Å²) >= 11 is 0. The van der Waals surface area contributed by atoms with E-state index in [1.165, 1.54) is 44.5 Å². The van der Waals surface area contributed by atoms with Gasteiger partial charge in [0.1, 0.15) is 0 Å². The third-order valence-corrected chi connectivity index (χ3v) is 12.0. The van der Waals surface area contributed by atoms with Crippen molar-refractivity contribution in [3.63, 3.8) is 0 Å². The standard InChI is InChI=1S/C53H48N6/c1-29-11-17-39(33(5)23-29)49-54-47(55-50(58-49)40-18-12-30(2)24-34(40)6)37-15-21-43-44-22-16-38(28-46(44)53(9,10)45(43)27-37)48-56-51(41-19-13-31(3)25-35(41)7)59-52(57-48)42-20-14-32(4)26-36(42)8/h11-28H,1-10H3. The molecule has 0 spiro atoms. The van der Waals surface area contributed by atoms with Gasteiger partial charge in [0.05, 0.1) is 0 Å². The molecule has 0 bridgehead atoms. The van der Waals surface area contributed by atoms with Gasteiger partial charge in [0.2, 0.25) is 0 Å². The number of aryl methyl sites for hydroxylation is 8. The third-order valence-electron chi connectivity index (χ3n) is 12.0. The van der Waals surface area contributed by atoms with Crippen molar-refractivity contribution in [2.24, 2.45) is 0 Å². The van der Waals surface area contributed by atoms with E-state index in [9.17, 15) is 0 Å². The summed E-state index contributed by atoms with van der Waals surface area (Å²) in [5.74, 6) is 4.01. The molecule has 6 aromatic carbocycles. The third kappa shape index (κ3) is 6.82. The summed E-state index contributed by atoms with van der Waals surface area (Å²) < 4.78 is 0. The first-order valence-electron chi connectivity index (χ1n) is 20.4. The molecule has 9 rings (SSSR count). The predicted molar refractivity (Wildman–Crippen MR) is 241 cm³/mol. The first kappa shape index (κ1) is 37.9. The van der Waals surface area contributed by atoms with Crippen LogP contribution in [-0.2, 0) is 5.41 Å². The van der Waals surface area contributed by atoms with Gasteiger partial charge < -0.3 is 0 Å². The Kier molecular flexibility index (Phi) is 9.19. The van der Waals surface area contributed by atoms with Crippen LogP contribution in [0.25, 0.3) is 79.5 Å². The lowest BCUT2D eigenvalue weighted by Gasteiger charge is -2.22. The van der Waals surface area contributed by atoms with Gasteiger partial charge in [0.15, 0.2) is 34.9 Å². The average Bonchev–Trinajstić information content (AvgIpc) is 3.42. The number of aromatic nitrogens is 6. The predicted octanol–water partition coefficient (Wildman–Crippen LogP) is 12.8. The molecule has 0 atom stereocenters. The lowest BCUT2D eigenvalue weighted by molar-refractivity contribution is 0.660. The highest BCUT2D eigenvalue weighted by Crippen LogP contribution is 2.50. The summed E-state index contributed by atoms with van der Waals surface area (Å²) in [5.41, 5.74) is 19.9. The molecule has 2 aromatic heterocycles. The molecule has 8 aromatic rings. The lowest BCUT2D eigenvalue weighted by Crippen LogP contribution is -2.15. The molecule has 59 heavy (non-hydrogen) atoms. The van der Waals surface area contributed by atoms with Gasteiger partial charge in [0.25, 0.3) is 0 Å². The number of nitrogens with zero attached hydrogens (tertiary/aromatic N) is 6. The van der Waals surface area contributed by atoms with Crippen molar-refractivity contribution >= 4 is 0 Å². The monoisotopic (exact) mass is 768 g/mol. The smallest absolute Gasteiger partial charge is 0.164 e. The topological polar surface area (TPSA) is 77.3 Å². The van der Waals surface area contributed by atoms with Gasteiger partial charge in [-0.05, 0) is 112 Å². The maximum Gasteiger partial charge on any atom is 0.164 e. The Balaban J connectivity index is 1.16. The molecular weight excluding hydrogens is 721 g/mol. The minimum atomic E-state index is -0.323. The van der Waals surface area contributed by atoms with Gasteiger partial charge in [-0.1, -0.05) is 133 Å². The van der Waals surface area contributed by atoms with E-state index in [0.717, 1.165) is 55.6 Å². The van der Waals surface area contributed by atoms with Gasteiger partial charge in [-0.3, -0.25) is 0 Å². The van der Waals surface area contributed by atoms with Crippen molar-refractivity contribution in [2.45, 2.75) is 74.7 Å². The summed E-state index contributed by atoms with van der Waals surface area (Å²) in [6.45, 7) is 21.5. The van der Waals surface area contributed by atoms with Crippen LogP contribution >= 0.6 is 0 Å². The summed E-state index contributed by atoms with van der Waals surface area (Å²) in [5, 5.41) is 0. The number of rotatable bonds is 6. The van der Waals surface area contributed by atoms with Gasteiger partial charge in [-0.2, -0.15) is 0 Å². The van der Waals surface area contributed by atoms with Crippen molar-refractivity contribution in [1.29, 1.82) is 0 Å². The molecule has 6 heteroatoms. The average molecular weight is 769 g/mol. The molecule has 0 radical (unpaired) electrons. The van der Waals surface area contributed by atoms with E-state index < -0.39 is 0 Å². The zero-order valence-corrected chi connectivity index (χ0v) is 35.6. The van der Waals surface area contributed by atoms with Crippen LogP contribution in [0.2, 0.25) is 0 Å². The zero-order valence-electron chi connectivity index (χ0n) is 35.6. The van der Waals surface area contributed by atoms with E-state index >= 15 is 0 Å². The molecule has 1 aliphatic rings. The van der Waals surface area contributed by atoms with E-state index in [4.69, 9.17) is 29.9 Å². The van der Waals surface area contributed by atoms with Crippen molar-refractivity contribution in [3.05, 3.63) is 165 Å². The lowest BCUT2D eigenvalue weighted by atomic mass is 9.81. The Morgan fingerprint density at radius 2 is 0.542 bits per heavy atom. The van der Waals surface area contributed by atoms with E-state index in [1.807, 2.05) is 0 Å². The molecule has 6 nitrogen and oxygen atoms in total. The quantitative estimate of drug-likeness (QED) is 0.168. The number of hydrogen-bond donors (Lipinski definition) is 0. The minimum absolute atomic E-state index is 0.323. The van der Waals surface area contributed by atoms with Crippen LogP contribution in [0.1, 0.15) is 69.5 Å². The van der Waals surface area contributed by atoms with Gasteiger partial charge in [0, 0.05) is 38.8 Å². The Labute approximate surface area is 347 Å².